The zero-order chi connectivity index (χ0) is 43.7. The van der Waals surface area contributed by atoms with Gasteiger partial charge in [-0.25, -0.2) is 4.39 Å². The highest BCUT2D eigenvalue weighted by Gasteiger charge is 2.56. The average molecular weight is 841 g/mol. The smallest absolute Gasteiger partial charge is 0.245 e. The summed E-state index contributed by atoms with van der Waals surface area (Å²) in [7, 11) is 3.37. The van der Waals surface area contributed by atoms with Crippen molar-refractivity contribution >= 4 is 51.6 Å². The number of hydrogen-bond donors (Lipinski definition) is 3. The van der Waals surface area contributed by atoms with Crippen LogP contribution in [0, 0.1) is 16.6 Å². The van der Waals surface area contributed by atoms with Gasteiger partial charge in [-0.05, 0) is 105 Å². The van der Waals surface area contributed by atoms with Crippen LogP contribution >= 0.6 is 0 Å². The van der Waals surface area contributed by atoms with Crippen molar-refractivity contribution in [2.45, 2.75) is 71.9 Å². The Kier molecular flexibility index (Phi) is 14.5. The summed E-state index contributed by atoms with van der Waals surface area (Å²) in [5.74, 6) is 0.251. The Balaban J connectivity index is 0.959. The molecule has 0 spiro atoms. The summed E-state index contributed by atoms with van der Waals surface area (Å²) in [5.41, 5.74) is 1.02. The molecule has 0 radical (unpaired) electrons. The highest BCUT2D eigenvalue weighted by molar-refractivity contribution is 6.17. The van der Waals surface area contributed by atoms with E-state index in [-0.39, 0.29) is 30.9 Å². The van der Waals surface area contributed by atoms with E-state index in [4.69, 9.17) is 18.9 Å². The number of ether oxygens (including phenoxy) is 4. The first-order valence-electron chi connectivity index (χ1n) is 20.8. The fourth-order valence-electron chi connectivity index (χ4n) is 7.15. The van der Waals surface area contributed by atoms with E-state index >= 15 is 0 Å². The first-order valence-corrected chi connectivity index (χ1v) is 20.8. The monoisotopic (exact) mass is 840 g/mol. The molecule has 1 aromatic heterocycles. The lowest BCUT2D eigenvalue weighted by atomic mass is 9.85. The van der Waals surface area contributed by atoms with Gasteiger partial charge in [0.2, 0.25) is 23.6 Å². The molecular formula is C46H57FN6O8. The van der Waals surface area contributed by atoms with Crippen molar-refractivity contribution in [1.82, 2.24) is 15.2 Å². The van der Waals surface area contributed by atoms with Gasteiger partial charge in [0.05, 0.1) is 44.2 Å². The van der Waals surface area contributed by atoms with E-state index in [0.29, 0.717) is 61.2 Å². The van der Waals surface area contributed by atoms with E-state index in [1.807, 2.05) is 39.8 Å². The van der Waals surface area contributed by atoms with Gasteiger partial charge in [-0.15, -0.1) is 0 Å². The lowest BCUT2D eigenvalue weighted by molar-refractivity contribution is -0.138. The van der Waals surface area contributed by atoms with Crippen molar-refractivity contribution in [2.24, 2.45) is 10.8 Å². The fraction of sp³-hybridized carbons (Fsp3) is 0.457. The SMILES string of the molecule is CCN(C)C(=O)[C@@H](NC(=O)CCOCCOC1CCN(c2cc3nccc(Oc4ccc(NC(=O)C5(C(=O)Nc6ccc(F)cc6)CC5)cc4)c3cc2OC)CC1)C(C)(C)C. The molecule has 0 bridgehead atoms. The number of carbonyl (C=O) groups is 4. The first kappa shape index (κ1) is 44.7. The average Bonchev–Trinajstić information content (AvgIpc) is 4.07. The summed E-state index contributed by atoms with van der Waals surface area (Å²) in [4.78, 5) is 60.1. The standard InChI is InChI=1S/C46H57FN6O8/c1-7-52(5)42(55)41(45(2,3)4)51-40(54)19-25-59-26-27-60-33-17-23-53(24-18-33)37-29-36-35(28-39(37)58-6)38(16-22-48-36)61-34-14-12-32(13-15-34)50-44(57)46(20-21-46)43(56)49-31-10-8-30(47)9-11-31/h8-16,22,28-29,33,41H,7,17-21,23-27H2,1-6H3,(H,49,56)(H,50,57)(H,51,54)/t41-/m1/s1. The number of methoxy groups -OCH3 is 1. The van der Waals surface area contributed by atoms with Gasteiger partial charge in [-0.1, -0.05) is 20.8 Å². The lowest BCUT2D eigenvalue weighted by Gasteiger charge is -2.34. The Morgan fingerprint density at radius 1 is 0.902 bits per heavy atom. The second-order valence-corrected chi connectivity index (χ2v) is 16.6. The summed E-state index contributed by atoms with van der Waals surface area (Å²) in [6, 6.07) is 17.4. The second kappa shape index (κ2) is 19.7. The molecule has 1 saturated heterocycles. The third-order valence-electron chi connectivity index (χ3n) is 11.2. The topological polar surface area (TPSA) is 161 Å². The van der Waals surface area contributed by atoms with Crippen LogP contribution in [-0.4, -0.2) is 99.3 Å². The van der Waals surface area contributed by atoms with Crippen molar-refractivity contribution in [3.05, 3.63) is 78.7 Å². The quantitative estimate of drug-likeness (QED) is 0.0708. The number of nitrogens with one attached hydrogen (secondary N) is 3. The molecule has 2 aliphatic rings. The largest absolute Gasteiger partial charge is 0.495 e. The van der Waals surface area contributed by atoms with E-state index in [2.05, 4.69) is 25.8 Å². The normalized spacial score (nSPS) is 15.4. The second-order valence-electron chi connectivity index (χ2n) is 16.6. The minimum atomic E-state index is -1.17. The maximum atomic E-state index is 13.3. The summed E-state index contributed by atoms with van der Waals surface area (Å²) in [6.07, 6.45) is 4.40. The third kappa shape index (κ3) is 11.3. The van der Waals surface area contributed by atoms with Gasteiger partial charge in [0, 0.05) is 56.1 Å². The molecule has 326 valence electrons. The Morgan fingerprint density at radius 2 is 1.54 bits per heavy atom. The van der Waals surface area contributed by atoms with Crippen molar-refractivity contribution < 1.29 is 42.5 Å². The fourth-order valence-corrected chi connectivity index (χ4v) is 7.15. The zero-order valence-electron chi connectivity index (χ0n) is 35.8. The van der Waals surface area contributed by atoms with Gasteiger partial charge in [0.15, 0.2) is 0 Å². The van der Waals surface area contributed by atoms with Crippen LogP contribution < -0.4 is 30.3 Å². The van der Waals surface area contributed by atoms with Crippen molar-refractivity contribution in [1.29, 1.82) is 0 Å². The van der Waals surface area contributed by atoms with Crippen LogP contribution in [0.2, 0.25) is 0 Å². The van der Waals surface area contributed by atoms with Crippen LogP contribution in [0.25, 0.3) is 10.9 Å². The van der Waals surface area contributed by atoms with Crippen LogP contribution in [0.15, 0.2) is 72.9 Å². The molecule has 61 heavy (non-hydrogen) atoms. The maximum absolute atomic E-state index is 13.3. The molecule has 4 amide bonds. The number of fused-ring (bicyclic) bond motifs is 1. The number of pyridine rings is 1. The summed E-state index contributed by atoms with van der Waals surface area (Å²) >= 11 is 0. The number of piperidine rings is 1. The first-order chi connectivity index (χ1) is 29.2. The maximum Gasteiger partial charge on any atom is 0.245 e. The van der Waals surface area contributed by atoms with E-state index in [0.717, 1.165) is 42.5 Å². The van der Waals surface area contributed by atoms with Gasteiger partial charge in [-0.3, -0.25) is 24.2 Å². The minimum absolute atomic E-state index is 0.0729. The van der Waals surface area contributed by atoms with E-state index < -0.39 is 34.5 Å². The lowest BCUT2D eigenvalue weighted by Crippen LogP contribution is -2.54. The number of carbonyl (C=O) groups excluding carboxylic acids is 4. The molecular weight excluding hydrogens is 784 g/mol. The van der Waals surface area contributed by atoms with Gasteiger partial charge in [-0.2, -0.15) is 0 Å². The predicted octanol–water partition coefficient (Wildman–Crippen LogP) is 6.93. The van der Waals surface area contributed by atoms with Gasteiger partial charge in [0.1, 0.15) is 34.5 Å². The number of hydrogen-bond acceptors (Lipinski definition) is 10. The summed E-state index contributed by atoms with van der Waals surface area (Å²) < 4.78 is 37.3. The predicted molar refractivity (Wildman–Crippen MR) is 231 cm³/mol. The van der Waals surface area contributed by atoms with Crippen LogP contribution in [0.4, 0.5) is 21.5 Å². The molecule has 3 aromatic carbocycles. The van der Waals surface area contributed by atoms with Gasteiger partial charge in [0.25, 0.3) is 0 Å². The number of amides is 4. The number of halogens is 1. The number of anilines is 3. The Bertz CT molecular complexity index is 2170. The molecule has 1 aliphatic carbocycles. The Morgan fingerprint density at radius 3 is 2.13 bits per heavy atom. The van der Waals surface area contributed by atoms with E-state index in [1.165, 1.54) is 24.3 Å². The van der Waals surface area contributed by atoms with Crippen LogP contribution in [0.5, 0.6) is 17.2 Å². The number of benzene rings is 3. The summed E-state index contributed by atoms with van der Waals surface area (Å²) in [5, 5.41) is 9.23. The summed E-state index contributed by atoms with van der Waals surface area (Å²) in [6.45, 7) is 10.8. The molecule has 1 saturated carbocycles. The molecule has 0 unspecified atom stereocenters. The minimum Gasteiger partial charge on any atom is -0.495 e. The number of nitrogens with zero attached hydrogens (tertiary/aromatic N) is 3. The molecule has 1 atom stereocenters. The Hall–Kier alpha value is -5.80. The highest BCUT2D eigenvalue weighted by Crippen LogP contribution is 2.47. The molecule has 6 rings (SSSR count). The van der Waals surface area contributed by atoms with E-state index in [9.17, 15) is 23.6 Å². The van der Waals surface area contributed by atoms with Crippen LogP contribution in [-0.2, 0) is 28.7 Å². The van der Waals surface area contributed by atoms with Gasteiger partial charge < -0.3 is 44.7 Å². The van der Waals surface area contributed by atoms with E-state index in [1.54, 1.807) is 55.6 Å². The number of rotatable bonds is 18. The van der Waals surface area contributed by atoms with Crippen molar-refractivity contribution in [2.75, 3.05) is 69.1 Å². The Labute approximate surface area is 356 Å². The molecule has 3 N–H and O–H groups in total. The van der Waals surface area contributed by atoms with Crippen LogP contribution in [0.3, 0.4) is 0 Å². The number of likely N-dealkylation sites (N-methyl/N-ethyl adjacent to an activating group) is 1. The van der Waals surface area contributed by atoms with Crippen LogP contribution in [0.1, 0.15) is 59.8 Å². The van der Waals surface area contributed by atoms with Crippen molar-refractivity contribution in [3.8, 4) is 17.2 Å². The highest BCUT2D eigenvalue weighted by atomic mass is 19.1. The molecule has 1 aliphatic heterocycles. The molecule has 2 heterocycles. The number of aromatic nitrogens is 1. The third-order valence-corrected chi connectivity index (χ3v) is 11.2. The van der Waals surface area contributed by atoms with Gasteiger partial charge >= 0.3 is 0 Å². The molecule has 14 nitrogen and oxygen atoms in total. The molecule has 4 aromatic rings. The zero-order valence-corrected chi connectivity index (χ0v) is 35.8. The molecule has 15 heteroatoms. The van der Waals surface area contributed by atoms with Crippen molar-refractivity contribution in [3.63, 3.8) is 0 Å². The molecule has 2 fully saturated rings.